The Morgan fingerprint density at radius 2 is 2.20 bits per heavy atom. The van der Waals surface area contributed by atoms with E-state index < -0.39 is 11.9 Å². The van der Waals surface area contributed by atoms with Crippen molar-refractivity contribution in [3.05, 3.63) is 29.0 Å². The summed E-state index contributed by atoms with van der Waals surface area (Å²) in [6, 6.07) is 3.98. The van der Waals surface area contributed by atoms with E-state index in [4.69, 9.17) is 16.3 Å². The van der Waals surface area contributed by atoms with Gasteiger partial charge in [-0.3, -0.25) is 5.32 Å². The fourth-order valence-electron chi connectivity index (χ4n) is 0.935. The molecule has 1 aromatic rings. The van der Waals surface area contributed by atoms with Gasteiger partial charge in [-0.1, -0.05) is 11.6 Å². The number of hydrogen-bond acceptors (Lipinski definition) is 2. The van der Waals surface area contributed by atoms with Gasteiger partial charge in [-0.15, -0.1) is 0 Å². The molecule has 0 spiro atoms. The molecule has 5 heteroatoms. The van der Waals surface area contributed by atoms with E-state index >= 15 is 0 Å². The fraction of sp³-hybridized carbons (Fsp3) is 0.300. The van der Waals surface area contributed by atoms with E-state index in [1.54, 1.807) is 13.8 Å². The smallest absolute Gasteiger partial charge is 0.411 e. The zero-order valence-electron chi connectivity index (χ0n) is 8.38. The number of rotatable bonds is 2. The molecule has 0 atom stereocenters. The Morgan fingerprint density at radius 1 is 1.53 bits per heavy atom. The van der Waals surface area contributed by atoms with Gasteiger partial charge in [0.2, 0.25) is 0 Å². The van der Waals surface area contributed by atoms with Crippen molar-refractivity contribution in [1.29, 1.82) is 0 Å². The van der Waals surface area contributed by atoms with E-state index in [0.29, 0.717) is 5.69 Å². The van der Waals surface area contributed by atoms with Crippen LogP contribution in [0.5, 0.6) is 0 Å². The van der Waals surface area contributed by atoms with Crippen LogP contribution in [0, 0.1) is 5.82 Å². The zero-order valence-corrected chi connectivity index (χ0v) is 9.14. The van der Waals surface area contributed by atoms with Crippen molar-refractivity contribution in [2.24, 2.45) is 0 Å². The Bertz CT molecular complexity index is 368. The van der Waals surface area contributed by atoms with Gasteiger partial charge in [-0.2, -0.15) is 0 Å². The van der Waals surface area contributed by atoms with Crippen LogP contribution in [0.3, 0.4) is 0 Å². The predicted molar refractivity (Wildman–Crippen MR) is 56.6 cm³/mol. The molecule has 1 N–H and O–H groups in total. The van der Waals surface area contributed by atoms with Crippen LogP contribution in [-0.2, 0) is 4.74 Å². The highest BCUT2D eigenvalue weighted by Gasteiger charge is 2.07. The lowest BCUT2D eigenvalue weighted by Gasteiger charge is -2.09. The Labute approximate surface area is 92.2 Å². The number of carbonyl (C=O) groups is 1. The summed E-state index contributed by atoms with van der Waals surface area (Å²) in [6.45, 7) is 3.45. The summed E-state index contributed by atoms with van der Waals surface area (Å²) >= 11 is 5.48. The summed E-state index contributed by atoms with van der Waals surface area (Å²) in [5.74, 6) is -0.584. The van der Waals surface area contributed by atoms with Gasteiger partial charge in [0.25, 0.3) is 0 Å². The monoisotopic (exact) mass is 231 g/mol. The van der Waals surface area contributed by atoms with Crippen LogP contribution in [0.15, 0.2) is 18.2 Å². The molecule has 3 nitrogen and oxygen atoms in total. The first-order valence-corrected chi connectivity index (χ1v) is 4.79. The fourth-order valence-corrected chi connectivity index (χ4v) is 1.05. The largest absolute Gasteiger partial charge is 0.447 e. The summed E-state index contributed by atoms with van der Waals surface area (Å²) in [5.41, 5.74) is 0.308. The minimum atomic E-state index is -0.619. The summed E-state index contributed by atoms with van der Waals surface area (Å²) in [4.78, 5) is 11.1. The summed E-state index contributed by atoms with van der Waals surface area (Å²) in [6.07, 6.45) is -0.839. The second-order valence-corrected chi connectivity index (χ2v) is 3.62. The first-order valence-electron chi connectivity index (χ1n) is 4.41. The van der Waals surface area contributed by atoms with Crippen LogP contribution in [0.4, 0.5) is 14.9 Å². The third-order valence-electron chi connectivity index (χ3n) is 1.51. The second kappa shape index (κ2) is 4.98. The van der Waals surface area contributed by atoms with Gasteiger partial charge in [-0.05, 0) is 32.0 Å². The Balaban J connectivity index is 2.65. The normalized spacial score (nSPS) is 10.2. The molecular formula is C10H11ClFNO2. The number of anilines is 1. The summed E-state index contributed by atoms with van der Waals surface area (Å²) < 4.78 is 17.8. The molecule has 15 heavy (non-hydrogen) atoms. The van der Waals surface area contributed by atoms with E-state index in [2.05, 4.69) is 5.32 Å². The van der Waals surface area contributed by atoms with Crippen molar-refractivity contribution in [3.8, 4) is 0 Å². The van der Waals surface area contributed by atoms with Crippen LogP contribution >= 0.6 is 11.6 Å². The van der Waals surface area contributed by atoms with Gasteiger partial charge >= 0.3 is 6.09 Å². The molecule has 0 aliphatic rings. The highest BCUT2D eigenvalue weighted by atomic mass is 35.5. The molecule has 1 aromatic carbocycles. The highest BCUT2D eigenvalue weighted by molar-refractivity contribution is 6.30. The van der Waals surface area contributed by atoms with Crippen LogP contribution < -0.4 is 5.32 Å². The molecule has 0 saturated carbocycles. The van der Waals surface area contributed by atoms with Crippen molar-refractivity contribution in [1.82, 2.24) is 0 Å². The number of carbonyl (C=O) groups excluding carboxylic acids is 1. The Morgan fingerprint density at radius 3 is 2.73 bits per heavy atom. The number of ether oxygens (including phenoxy) is 1. The van der Waals surface area contributed by atoms with Gasteiger partial charge in [0.05, 0.1) is 11.1 Å². The number of halogens is 2. The molecule has 0 heterocycles. The maximum atomic E-state index is 13.0. The van der Waals surface area contributed by atoms with Gasteiger partial charge in [0, 0.05) is 5.69 Å². The molecule has 0 radical (unpaired) electrons. The van der Waals surface area contributed by atoms with Gasteiger partial charge in [0.15, 0.2) is 0 Å². The molecule has 0 bridgehead atoms. The van der Waals surface area contributed by atoms with E-state index in [0.717, 1.165) is 6.07 Å². The molecule has 0 aliphatic heterocycles. The van der Waals surface area contributed by atoms with Crippen LogP contribution in [0.25, 0.3) is 0 Å². The molecule has 0 fully saturated rings. The van der Waals surface area contributed by atoms with E-state index in [9.17, 15) is 9.18 Å². The van der Waals surface area contributed by atoms with Crippen LogP contribution in [0.1, 0.15) is 13.8 Å². The lowest BCUT2D eigenvalue weighted by atomic mass is 10.3. The number of hydrogen-bond donors (Lipinski definition) is 1. The number of amides is 1. The van der Waals surface area contributed by atoms with Crippen molar-refractivity contribution in [2.75, 3.05) is 5.32 Å². The van der Waals surface area contributed by atoms with E-state index in [1.807, 2.05) is 0 Å². The zero-order chi connectivity index (χ0) is 11.4. The third kappa shape index (κ3) is 3.75. The lowest BCUT2D eigenvalue weighted by Crippen LogP contribution is -2.17. The molecule has 0 unspecified atom stereocenters. The molecular weight excluding hydrogens is 221 g/mol. The topological polar surface area (TPSA) is 38.3 Å². The minimum absolute atomic E-state index is 0.0118. The Kier molecular flexibility index (Phi) is 3.91. The summed E-state index contributed by atoms with van der Waals surface area (Å²) in [5, 5.41) is 2.39. The van der Waals surface area contributed by atoms with Crippen molar-refractivity contribution in [2.45, 2.75) is 20.0 Å². The molecule has 82 valence electrons. The maximum Gasteiger partial charge on any atom is 0.411 e. The lowest BCUT2D eigenvalue weighted by molar-refractivity contribution is 0.130. The SMILES string of the molecule is CC(C)OC(=O)Nc1ccc(Cl)c(F)c1. The molecule has 0 saturated heterocycles. The first kappa shape index (κ1) is 11.8. The van der Waals surface area contributed by atoms with Gasteiger partial charge < -0.3 is 4.74 Å². The molecule has 0 aromatic heterocycles. The summed E-state index contributed by atoms with van der Waals surface area (Å²) in [7, 11) is 0. The Hall–Kier alpha value is -1.29. The standard InChI is InChI=1S/C10H11ClFNO2/c1-6(2)15-10(14)13-7-3-4-8(11)9(12)5-7/h3-6H,1-2H3,(H,13,14). The molecule has 1 amide bonds. The maximum absolute atomic E-state index is 13.0. The average Bonchev–Trinajstić information content (AvgIpc) is 2.10. The molecule has 0 aliphatic carbocycles. The minimum Gasteiger partial charge on any atom is -0.447 e. The third-order valence-corrected chi connectivity index (χ3v) is 1.82. The van der Waals surface area contributed by atoms with Gasteiger partial charge in [-0.25, -0.2) is 9.18 Å². The number of nitrogens with one attached hydrogen (secondary N) is 1. The molecule has 1 rings (SSSR count). The second-order valence-electron chi connectivity index (χ2n) is 3.21. The predicted octanol–water partition coefficient (Wildman–Crippen LogP) is 3.44. The number of benzene rings is 1. The van der Waals surface area contributed by atoms with E-state index in [1.165, 1.54) is 12.1 Å². The van der Waals surface area contributed by atoms with Gasteiger partial charge in [0.1, 0.15) is 5.82 Å². The van der Waals surface area contributed by atoms with Crippen molar-refractivity contribution >= 4 is 23.4 Å². The average molecular weight is 232 g/mol. The first-order chi connectivity index (χ1) is 6.99. The highest BCUT2D eigenvalue weighted by Crippen LogP contribution is 2.18. The van der Waals surface area contributed by atoms with Crippen molar-refractivity contribution in [3.63, 3.8) is 0 Å². The van der Waals surface area contributed by atoms with E-state index in [-0.39, 0.29) is 11.1 Å². The van der Waals surface area contributed by atoms with Crippen LogP contribution in [0.2, 0.25) is 5.02 Å². The van der Waals surface area contributed by atoms with Crippen LogP contribution in [-0.4, -0.2) is 12.2 Å². The van der Waals surface area contributed by atoms with Crippen molar-refractivity contribution < 1.29 is 13.9 Å². The quantitative estimate of drug-likeness (QED) is 0.847.